The summed E-state index contributed by atoms with van der Waals surface area (Å²) < 4.78 is 89.4. The number of hydrogen-bond acceptors (Lipinski definition) is 41. The van der Waals surface area contributed by atoms with Crippen molar-refractivity contribution in [3.05, 3.63) is 111 Å². The predicted octanol–water partition coefficient (Wildman–Crippen LogP) is -8.58. The smallest absolute Gasteiger partial charge is 0.298 e. The first-order valence-electron chi connectivity index (χ1n) is 40.9. The van der Waals surface area contributed by atoms with Gasteiger partial charge in [0, 0.05) is 160 Å². The molecule has 2 aromatic carbocycles. The predicted molar refractivity (Wildman–Crippen MR) is 431 cm³/mol. The number of azide groups is 1. The van der Waals surface area contributed by atoms with E-state index in [1.807, 2.05) is 23.8 Å². The fourth-order valence-electron chi connectivity index (χ4n) is 16.4. The maximum Gasteiger partial charge on any atom is 0.298 e. The number of carbonyl (C=O) groups excluding carboxylic acids is 2. The number of aliphatic hydroxyl groups excluding tert-OH is 14. The number of terminal acetylenes is 1. The van der Waals surface area contributed by atoms with Crippen LogP contribution in [0.1, 0.15) is 50.6 Å². The molecule has 47 nitrogen and oxygen atoms in total. The number of hydrogen-bond donors (Lipinski definition) is 20. The number of ether oxygens (including phenoxy) is 10. The number of benzene rings is 2. The Bertz CT molecular complexity index is 4380. The van der Waals surface area contributed by atoms with Crippen molar-refractivity contribution in [1.82, 2.24) is 33.9 Å². The van der Waals surface area contributed by atoms with Gasteiger partial charge in [0.05, 0.1) is 96.4 Å². The van der Waals surface area contributed by atoms with Gasteiger partial charge in [0.1, 0.15) is 122 Å². The van der Waals surface area contributed by atoms with E-state index in [4.69, 9.17) is 99.5 Å². The SMILES string of the molecule is O=COc1cn(C2CC2)c2cc(N3CCN(Cn4c[c-]nn4)CC3)c(F)cc2c1=O.[C-]#C.[CH2-][C@H]1CC(N)[C@H](O[C@@H]2OC(CN)[C@H](O)C(O)[C@H]2O)C(O)[C@H]1OC1O[C@@H](CO)[C@H](O)C(N)[C@@H]1O.[N-]=[N+]=NCN1CCN(c2cc3c(cc2F)c(=O)c(OC=O)cn3C2CC2)CC1.[NH-][C@H]1CC(N)[C@H](O[C@@H]2OC(CN)[C@H](O)C(O)[C@H]2O)C(O)[C@H]1OC1O[C@@H](CO)[C@H](O)C(N)[C@@H]1O.[Y].[Y]. The van der Waals surface area contributed by atoms with Crippen LogP contribution in [-0.2, 0) is 120 Å². The Labute approximate surface area is 781 Å². The first-order chi connectivity index (χ1) is 60.3. The molecule has 51 heteroatoms. The molecular formula is C77H111F2N19O28Y2-4. The Balaban J connectivity index is 0.000000191. The fourth-order valence-corrected chi connectivity index (χ4v) is 16.4. The van der Waals surface area contributed by atoms with Gasteiger partial charge in [-0.1, -0.05) is 11.5 Å². The van der Waals surface area contributed by atoms with Crippen LogP contribution < -0.4 is 64.5 Å². The third-order valence-electron chi connectivity index (χ3n) is 23.9. The van der Waals surface area contributed by atoms with Crippen LogP contribution in [0.2, 0.25) is 0 Å². The number of carbonyl (C=O) groups is 2. The van der Waals surface area contributed by atoms with E-state index in [9.17, 15) is 95.1 Å². The second kappa shape index (κ2) is 47.9. The van der Waals surface area contributed by atoms with Crippen LogP contribution in [0, 0.1) is 43.5 Å². The maximum atomic E-state index is 15.0. The zero-order valence-corrected chi connectivity index (χ0v) is 75.0. The number of aliphatic hydroxyl groups is 14. The minimum atomic E-state index is -1.68. The Hall–Kier alpha value is -5.76. The van der Waals surface area contributed by atoms with E-state index in [0.717, 1.165) is 38.8 Å². The number of anilines is 2. The van der Waals surface area contributed by atoms with Gasteiger partial charge in [0.25, 0.3) is 12.9 Å². The van der Waals surface area contributed by atoms with Gasteiger partial charge in [-0.25, -0.2) is 8.78 Å². The molecule has 15 rings (SSSR count). The molecule has 0 amide bonds. The summed E-state index contributed by atoms with van der Waals surface area (Å²) in [7, 11) is 0. The fraction of sp³-hybridized carbons (Fsp3) is 0.675. The molecule has 706 valence electrons. The van der Waals surface area contributed by atoms with Crippen LogP contribution in [0.15, 0.2) is 57.6 Å². The molecule has 5 aromatic rings. The van der Waals surface area contributed by atoms with E-state index in [0.29, 0.717) is 75.0 Å². The van der Waals surface area contributed by atoms with Gasteiger partial charge in [0.2, 0.25) is 10.9 Å². The number of halogens is 2. The van der Waals surface area contributed by atoms with Crippen molar-refractivity contribution >= 4 is 46.1 Å². The van der Waals surface area contributed by atoms with Crippen LogP contribution in [0.3, 0.4) is 0 Å². The topological polar surface area (TPSA) is 726 Å². The van der Waals surface area contributed by atoms with Crippen LogP contribution in [0.4, 0.5) is 20.2 Å². The summed E-state index contributed by atoms with van der Waals surface area (Å²) in [5.74, 6) is -1.69. The number of nitrogens with two attached hydrogens (primary N) is 6. The summed E-state index contributed by atoms with van der Waals surface area (Å²) in [5.41, 5.74) is 52.8. The second-order valence-electron chi connectivity index (χ2n) is 32.2. The summed E-state index contributed by atoms with van der Waals surface area (Å²) >= 11 is 0. The van der Waals surface area contributed by atoms with Gasteiger partial charge in [-0.05, 0) is 61.9 Å². The van der Waals surface area contributed by atoms with Crippen LogP contribution in [0.5, 0.6) is 11.5 Å². The molecule has 0 spiro atoms. The second-order valence-corrected chi connectivity index (χ2v) is 32.2. The molecule has 3 aromatic heterocycles. The molecule has 30 atom stereocenters. The third-order valence-corrected chi connectivity index (χ3v) is 23.9. The van der Waals surface area contributed by atoms with Crippen molar-refractivity contribution in [2.75, 3.05) is 95.1 Å². The molecule has 128 heavy (non-hydrogen) atoms. The summed E-state index contributed by atoms with van der Waals surface area (Å²) in [5, 5.41) is 153. The minimum Gasteiger partial charge on any atom is -0.697 e. The van der Waals surface area contributed by atoms with Crippen molar-refractivity contribution in [3.8, 4) is 17.9 Å². The number of piperazine rings is 2. The largest absolute Gasteiger partial charge is 0.697 e. The Morgan fingerprint density at radius 2 is 0.953 bits per heavy atom. The Kier molecular flexibility index (Phi) is 39.7. The van der Waals surface area contributed by atoms with Crippen LogP contribution in [0.25, 0.3) is 38.0 Å². The van der Waals surface area contributed by atoms with Gasteiger partial charge in [-0.2, -0.15) is 0 Å². The van der Waals surface area contributed by atoms with Gasteiger partial charge in [0.15, 0.2) is 36.7 Å². The quantitative estimate of drug-likeness (QED) is 0.00681. The normalized spacial score (nSPS) is 35.6. The zero-order valence-electron chi connectivity index (χ0n) is 69.3. The standard InChI is InChI=1S/C20H20FN6O3.C19H36N3O11.C18H19FN6O3.C18H35N4O11.C2H.2Y/c21-16-9-15-17(27(14-1-2-14)11-19(20(15)29)30-13-28)10-18(16)25-7-5-24(6-8-25)12-26-4-3-22-23-26;1-5-2-6(21)17(33-19-14(28)13(27)11(25)7(3-20)30-19)15(29)16(5)32-18-12(26)9(22)10(24)8(4-23)31-18;19-14-7-13-15(25(12-1-2-12)9-17(18(13)27)28-11-26)8-16(14)24-5-3-23(4-6-24)10-21-22-20;19-2-6-10(25)12(27)13(28)18(30-6)33-16-5(21)1-4(20)15(14(16)29)32-17-11(26)8(22)9(24)7(3-23)31-17;1-2;;/h4,9-11,13-14H,1-2,5-8,12H2;5-19,23-29H,1-4,20-22H2;7-9,11-12H,1-6,10H2;4-18,20,23-29H,1-3,19,21-22H2;1H;;/q2*-1;;2*-1;;/t;5-,6?,7?,8-,9?,10-,11-,12-,13?,14+,15?,16-,17-,18?,19-;;4-,5?,6?,7-,8?,9-,10-,11-,12?,13+,14?,15-,16-,17?,18-;;;/m.0.0.../s1. The number of aromatic nitrogens is 5. The molecule has 10 fully saturated rings. The van der Waals surface area contributed by atoms with Crippen molar-refractivity contribution in [1.29, 1.82) is 0 Å². The summed E-state index contributed by atoms with van der Waals surface area (Å²) in [6.07, 6.45) is -12.6. The van der Waals surface area contributed by atoms with E-state index >= 15 is 4.39 Å². The maximum absolute atomic E-state index is 15.0. The van der Waals surface area contributed by atoms with Crippen molar-refractivity contribution in [2.24, 2.45) is 45.4 Å². The zero-order chi connectivity index (χ0) is 91.6. The number of pyridine rings is 2. The summed E-state index contributed by atoms with van der Waals surface area (Å²) in [6, 6.07) is 1.26. The molecule has 4 aliphatic carbocycles. The third kappa shape index (κ3) is 24.3. The minimum absolute atomic E-state index is 0. The first kappa shape index (κ1) is 106. The number of fused-ring (bicyclic) bond motifs is 2. The number of rotatable bonds is 24. The molecule has 12 unspecified atom stereocenters. The van der Waals surface area contributed by atoms with E-state index < -0.39 is 219 Å². The summed E-state index contributed by atoms with van der Waals surface area (Å²) in [4.78, 5) is 57.6. The average Bonchev–Trinajstić information content (AvgIpc) is 1.49. The number of nitrogens with zero attached hydrogens (tertiary/aromatic N) is 12. The van der Waals surface area contributed by atoms with Gasteiger partial charge in [-0.15, -0.1) is 23.4 Å². The average molecular weight is 1970 g/mol. The monoisotopic (exact) mass is 1970 g/mol. The molecule has 10 aliphatic rings. The molecule has 0 bridgehead atoms. The van der Waals surface area contributed by atoms with E-state index in [2.05, 4.69) is 44.8 Å². The van der Waals surface area contributed by atoms with E-state index in [1.165, 1.54) is 18.3 Å². The first-order valence-corrected chi connectivity index (χ1v) is 40.9. The Morgan fingerprint density at radius 3 is 1.34 bits per heavy atom. The summed E-state index contributed by atoms with van der Waals surface area (Å²) in [6.45, 7) is 9.03. The van der Waals surface area contributed by atoms with E-state index in [-0.39, 0.29) is 139 Å². The van der Waals surface area contributed by atoms with Gasteiger partial charge in [-0.3, -0.25) is 33.7 Å². The van der Waals surface area contributed by atoms with E-state index in [1.54, 1.807) is 29.2 Å². The number of nitrogens with one attached hydrogen (secondary N) is 1. The van der Waals surface area contributed by atoms with Crippen molar-refractivity contribution in [3.63, 3.8) is 0 Å². The molecule has 6 aliphatic heterocycles. The van der Waals surface area contributed by atoms with Crippen LogP contribution in [-0.4, -0.2) is 381 Å². The molecule has 6 saturated heterocycles. The molecule has 4 saturated carbocycles. The van der Waals surface area contributed by atoms with Gasteiger partial charge >= 0.3 is 0 Å². The molecule has 27 N–H and O–H groups in total. The molecule has 9 heterocycles. The van der Waals surface area contributed by atoms with Crippen molar-refractivity contribution < 1.29 is 203 Å². The Morgan fingerprint density at radius 1 is 0.562 bits per heavy atom. The van der Waals surface area contributed by atoms with Crippen LogP contribution >= 0.6 is 0 Å². The van der Waals surface area contributed by atoms with Gasteiger partial charge < -0.3 is 209 Å². The molecule has 2 radical (unpaired) electrons. The van der Waals surface area contributed by atoms with Crippen molar-refractivity contribution in [2.45, 2.75) is 235 Å². The molecular weight excluding hydrogens is 1850 g/mol.